The number of hydrogen-bond donors (Lipinski definition) is 2. The van der Waals surface area contributed by atoms with E-state index in [1.807, 2.05) is 13.8 Å². The van der Waals surface area contributed by atoms with E-state index in [1.54, 1.807) is 36.5 Å². The van der Waals surface area contributed by atoms with Crippen LogP contribution < -0.4 is 4.72 Å². The molecule has 0 radical (unpaired) electrons. The van der Waals surface area contributed by atoms with Gasteiger partial charge in [-0.25, -0.2) is 13.1 Å². The Bertz CT molecular complexity index is 719. The molecule has 0 aliphatic carbocycles. The van der Waals surface area contributed by atoms with Gasteiger partial charge >= 0.3 is 0 Å². The zero-order chi connectivity index (χ0) is 15.5. The summed E-state index contributed by atoms with van der Waals surface area (Å²) in [5, 5.41) is 10.8. The first kappa shape index (κ1) is 15.9. The third-order valence-corrected chi connectivity index (χ3v) is 5.26. The van der Waals surface area contributed by atoms with Crippen LogP contribution in [0, 0.1) is 0 Å². The van der Waals surface area contributed by atoms with Crippen molar-refractivity contribution in [3.8, 4) is 0 Å². The first-order valence-corrected chi connectivity index (χ1v) is 8.46. The van der Waals surface area contributed by atoms with Crippen LogP contribution in [0.25, 0.3) is 10.9 Å². The van der Waals surface area contributed by atoms with E-state index < -0.39 is 15.6 Å². The van der Waals surface area contributed by atoms with Crippen molar-refractivity contribution in [3.05, 3.63) is 36.5 Å². The zero-order valence-electron chi connectivity index (χ0n) is 12.2. The second-order valence-corrected chi connectivity index (χ2v) is 6.82. The standard InChI is InChI=1S/C15H20N2O3S/c1-3-15(18,4-2)11-17-21(19,20)14-9-5-8-13-12(14)7-6-10-16-13/h5-10,17-18H,3-4,11H2,1-2H3. The Morgan fingerprint density at radius 2 is 1.90 bits per heavy atom. The van der Waals surface area contributed by atoms with Gasteiger partial charge < -0.3 is 5.11 Å². The van der Waals surface area contributed by atoms with Crippen molar-refractivity contribution in [2.75, 3.05) is 6.54 Å². The molecule has 0 aliphatic rings. The molecule has 0 fully saturated rings. The van der Waals surface area contributed by atoms with E-state index in [2.05, 4.69) is 9.71 Å². The summed E-state index contributed by atoms with van der Waals surface area (Å²) < 4.78 is 27.5. The first-order valence-electron chi connectivity index (χ1n) is 6.97. The molecule has 2 rings (SSSR count). The molecule has 5 nitrogen and oxygen atoms in total. The van der Waals surface area contributed by atoms with Crippen molar-refractivity contribution >= 4 is 20.9 Å². The molecule has 0 aliphatic heterocycles. The number of nitrogens with one attached hydrogen (secondary N) is 1. The number of aliphatic hydroxyl groups is 1. The lowest BCUT2D eigenvalue weighted by Crippen LogP contribution is -2.42. The minimum absolute atomic E-state index is 0.00101. The van der Waals surface area contributed by atoms with Gasteiger partial charge in [0.2, 0.25) is 10.0 Å². The number of hydrogen-bond acceptors (Lipinski definition) is 4. The molecule has 0 atom stereocenters. The summed E-state index contributed by atoms with van der Waals surface area (Å²) in [4.78, 5) is 4.34. The normalized spacial score (nSPS) is 12.7. The number of fused-ring (bicyclic) bond motifs is 1. The molecule has 0 bridgehead atoms. The van der Waals surface area contributed by atoms with Crippen LogP contribution in [0.5, 0.6) is 0 Å². The van der Waals surface area contributed by atoms with Crippen LogP contribution in [0.4, 0.5) is 0 Å². The molecule has 1 aromatic heterocycles. The molecule has 0 unspecified atom stereocenters. The molecule has 2 N–H and O–H groups in total. The molecule has 0 saturated carbocycles. The van der Waals surface area contributed by atoms with Crippen LogP contribution in [0.3, 0.4) is 0 Å². The Morgan fingerprint density at radius 3 is 2.57 bits per heavy atom. The highest BCUT2D eigenvalue weighted by Crippen LogP contribution is 2.22. The Kier molecular flexibility index (Phi) is 4.61. The maximum atomic E-state index is 12.5. The van der Waals surface area contributed by atoms with Crippen LogP contribution in [0.2, 0.25) is 0 Å². The van der Waals surface area contributed by atoms with Crippen molar-refractivity contribution in [1.29, 1.82) is 0 Å². The zero-order valence-corrected chi connectivity index (χ0v) is 13.0. The average molecular weight is 308 g/mol. The smallest absolute Gasteiger partial charge is 0.241 e. The Balaban J connectivity index is 2.35. The maximum absolute atomic E-state index is 12.5. The number of benzene rings is 1. The molecule has 21 heavy (non-hydrogen) atoms. The van der Waals surface area contributed by atoms with Gasteiger partial charge in [0.25, 0.3) is 0 Å². The molecular formula is C15H20N2O3S. The maximum Gasteiger partial charge on any atom is 0.241 e. The van der Waals surface area contributed by atoms with E-state index in [1.165, 1.54) is 0 Å². The summed E-state index contributed by atoms with van der Waals surface area (Å²) in [5.41, 5.74) is -0.391. The van der Waals surface area contributed by atoms with Crippen LogP contribution in [0.15, 0.2) is 41.4 Å². The van der Waals surface area contributed by atoms with E-state index in [-0.39, 0.29) is 11.4 Å². The summed E-state index contributed by atoms with van der Waals surface area (Å²) in [6.07, 6.45) is 2.60. The summed E-state index contributed by atoms with van der Waals surface area (Å²) in [5.74, 6) is 0. The van der Waals surface area contributed by atoms with E-state index in [0.29, 0.717) is 23.7 Å². The van der Waals surface area contributed by atoms with Crippen LogP contribution >= 0.6 is 0 Å². The second-order valence-electron chi connectivity index (χ2n) is 5.08. The largest absolute Gasteiger partial charge is 0.389 e. The summed E-state index contributed by atoms with van der Waals surface area (Å²) in [7, 11) is -3.69. The van der Waals surface area contributed by atoms with Crippen molar-refractivity contribution in [1.82, 2.24) is 9.71 Å². The van der Waals surface area contributed by atoms with Crippen molar-refractivity contribution < 1.29 is 13.5 Å². The fourth-order valence-electron chi connectivity index (χ4n) is 2.12. The predicted molar refractivity (Wildman–Crippen MR) is 82.5 cm³/mol. The van der Waals surface area contributed by atoms with E-state index >= 15 is 0 Å². The highest BCUT2D eigenvalue weighted by Gasteiger charge is 2.26. The summed E-state index contributed by atoms with van der Waals surface area (Å²) >= 11 is 0. The Morgan fingerprint density at radius 1 is 1.19 bits per heavy atom. The molecule has 1 aromatic carbocycles. The summed E-state index contributed by atoms with van der Waals surface area (Å²) in [6, 6.07) is 8.40. The highest BCUT2D eigenvalue weighted by atomic mass is 32.2. The third kappa shape index (κ3) is 3.40. The van der Waals surface area contributed by atoms with E-state index in [9.17, 15) is 13.5 Å². The molecule has 0 amide bonds. The van der Waals surface area contributed by atoms with Gasteiger partial charge in [-0.05, 0) is 37.1 Å². The van der Waals surface area contributed by atoms with Gasteiger partial charge in [-0.3, -0.25) is 4.98 Å². The fraction of sp³-hybridized carbons (Fsp3) is 0.400. The molecule has 6 heteroatoms. The van der Waals surface area contributed by atoms with Crippen molar-refractivity contribution in [3.63, 3.8) is 0 Å². The number of sulfonamides is 1. The van der Waals surface area contributed by atoms with Gasteiger partial charge in [0.05, 0.1) is 16.0 Å². The molecule has 0 saturated heterocycles. The van der Waals surface area contributed by atoms with Crippen LogP contribution in [-0.2, 0) is 10.0 Å². The van der Waals surface area contributed by atoms with Gasteiger partial charge in [-0.1, -0.05) is 19.9 Å². The number of rotatable bonds is 6. The van der Waals surface area contributed by atoms with Gasteiger partial charge in [0.15, 0.2) is 0 Å². The topological polar surface area (TPSA) is 79.3 Å². The molecule has 1 heterocycles. The molecule has 0 spiro atoms. The van der Waals surface area contributed by atoms with Crippen LogP contribution in [0.1, 0.15) is 26.7 Å². The summed E-state index contributed by atoms with van der Waals surface area (Å²) in [6.45, 7) is 3.66. The predicted octanol–water partition coefficient (Wildman–Crippen LogP) is 2.06. The molecular weight excluding hydrogens is 288 g/mol. The number of pyridine rings is 1. The van der Waals surface area contributed by atoms with Gasteiger partial charge in [0, 0.05) is 18.1 Å². The van der Waals surface area contributed by atoms with Crippen molar-refractivity contribution in [2.24, 2.45) is 0 Å². The minimum Gasteiger partial charge on any atom is -0.389 e. The second kappa shape index (κ2) is 6.09. The molecule has 114 valence electrons. The quantitative estimate of drug-likeness (QED) is 0.856. The van der Waals surface area contributed by atoms with Gasteiger partial charge in [-0.15, -0.1) is 0 Å². The van der Waals surface area contributed by atoms with Crippen molar-refractivity contribution in [2.45, 2.75) is 37.2 Å². The first-order chi connectivity index (χ1) is 9.92. The number of nitrogens with zero attached hydrogens (tertiary/aromatic N) is 1. The lowest BCUT2D eigenvalue weighted by atomic mass is 9.98. The minimum atomic E-state index is -3.69. The highest BCUT2D eigenvalue weighted by molar-refractivity contribution is 7.89. The lowest BCUT2D eigenvalue weighted by molar-refractivity contribution is 0.0377. The molecule has 2 aromatic rings. The third-order valence-electron chi connectivity index (χ3n) is 3.80. The van der Waals surface area contributed by atoms with Gasteiger partial charge in [0.1, 0.15) is 0 Å². The average Bonchev–Trinajstić information content (AvgIpc) is 2.52. The number of aromatic nitrogens is 1. The fourth-order valence-corrected chi connectivity index (χ4v) is 3.45. The Hall–Kier alpha value is -1.50. The lowest BCUT2D eigenvalue weighted by Gasteiger charge is -2.25. The SMILES string of the molecule is CCC(O)(CC)CNS(=O)(=O)c1cccc2ncccc12. The van der Waals surface area contributed by atoms with E-state index in [0.717, 1.165) is 0 Å². The van der Waals surface area contributed by atoms with E-state index in [4.69, 9.17) is 0 Å². The van der Waals surface area contributed by atoms with Gasteiger partial charge in [-0.2, -0.15) is 0 Å². The van der Waals surface area contributed by atoms with Crippen LogP contribution in [-0.4, -0.2) is 30.7 Å². The monoisotopic (exact) mass is 308 g/mol. The Labute approximate surface area is 125 Å².